The molecule has 0 aliphatic carbocycles. The van der Waals surface area contributed by atoms with Crippen molar-refractivity contribution >= 4 is 5.78 Å². The van der Waals surface area contributed by atoms with Gasteiger partial charge < -0.3 is 0 Å². The SMILES string of the molecule is CC(C)(C)CC(=O)C(CC(C)(C)C)C(C)(C)C. The summed E-state index contributed by atoms with van der Waals surface area (Å²) >= 11 is 0. The van der Waals surface area contributed by atoms with Crippen LogP contribution >= 0.6 is 0 Å². The van der Waals surface area contributed by atoms with Gasteiger partial charge in [0.1, 0.15) is 5.78 Å². The van der Waals surface area contributed by atoms with E-state index in [1.165, 1.54) is 0 Å². The van der Waals surface area contributed by atoms with Gasteiger partial charge in [0, 0.05) is 12.3 Å². The summed E-state index contributed by atoms with van der Waals surface area (Å²) in [7, 11) is 0. The van der Waals surface area contributed by atoms with E-state index in [9.17, 15) is 4.79 Å². The van der Waals surface area contributed by atoms with Gasteiger partial charge in [-0.2, -0.15) is 0 Å². The van der Waals surface area contributed by atoms with Crippen molar-refractivity contribution in [2.24, 2.45) is 22.2 Å². The highest BCUT2D eigenvalue weighted by atomic mass is 16.1. The van der Waals surface area contributed by atoms with E-state index in [0.29, 0.717) is 12.2 Å². The Kier molecular flexibility index (Phi) is 5.02. The van der Waals surface area contributed by atoms with E-state index in [1.54, 1.807) is 0 Å². The second-order valence-electron chi connectivity index (χ2n) is 8.89. The Labute approximate surface area is 108 Å². The molecule has 1 heteroatoms. The van der Waals surface area contributed by atoms with Crippen LogP contribution in [0.5, 0.6) is 0 Å². The molecule has 0 spiro atoms. The lowest BCUT2D eigenvalue weighted by Gasteiger charge is -2.36. The minimum atomic E-state index is 0.0651. The number of Topliss-reactive ketones (excluding diaryl/α,β-unsaturated/α-hetero) is 1. The Morgan fingerprint density at radius 3 is 1.47 bits per heavy atom. The van der Waals surface area contributed by atoms with Gasteiger partial charge in [0.25, 0.3) is 0 Å². The zero-order valence-electron chi connectivity index (χ0n) is 13.4. The largest absolute Gasteiger partial charge is 0.299 e. The van der Waals surface area contributed by atoms with Gasteiger partial charge in [-0.25, -0.2) is 0 Å². The number of ketones is 1. The van der Waals surface area contributed by atoms with Crippen LogP contribution < -0.4 is 0 Å². The molecule has 0 aliphatic heterocycles. The third kappa shape index (κ3) is 7.57. The summed E-state index contributed by atoms with van der Waals surface area (Å²) in [4.78, 5) is 12.5. The average Bonchev–Trinajstić information content (AvgIpc) is 1.92. The Morgan fingerprint density at radius 2 is 1.24 bits per heavy atom. The van der Waals surface area contributed by atoms with Crippen molar-refractivity contribution in [3.8, 4) is 0 Å². The fourth-order valence-corrected chi connectivity index (χ4v) is 2.16. The maximum absolute atomic E-state index is 12.5. The number of rotatable bonds is 3. The van der Waals surface area contributed by atoms with Gasteiger partial charge in [-0.05, 0) is 22.7 Å². The second kappa shape index (κ2) is 5.12. The molecular formula is C16H32O. The van der Waals surface area contributed by atoms with Crippen molar-refractivity contribution in [3.63, 3.8) is 0 Å². The molecule has 0 radical (unpaired) electrons. The van der Waals surface area contributed by atoms with Crippen LogP contribution in [-0.2, 0) is 4.79 Å². The van der Waals surface area contributed by atoms with Crippen molar-refractivity contribution in [3.05, 3.63) is 0 Å². The molecule has 0 saturated heterocycles. The number of carbonyl (C=O) groups excluding carboxylic acids is 1. The first-order valence-electron chi connectivity index (χ1n) is 6.75. The van der Waals surface area contributed by atoms with Crippen LogP contribution in [0.15, 0.2) is 0 Å². The normalized spacial score (nSPS) is 15.8. The molecule has 17 heavy (non-hydrogen) atoms. The number of carbonyl (C=O) groups is 1. The van der Waals surface area contributed by atoms with Crippen LogP contribution in [0.3, 0.4) is 0 Å². The highest BCUT2D eigenvalue weighted by Crippen LogP contribution is 2.38. The summed E-state index contributed by atoms with van der Waals surface area (Å²) < 4.78 is 0. The molecule has 0 heterocycles. The Balaban J connectivity index is 4.90. The first-order chi connectivity index (χ1) is 7.22. The zero-order chi connectivity index (χ0) is 14.1. The minimum absolute atomic E-state index is 0.0651. The van der Waals surface area contributed by atoms with Gasteiger partial charge in [-0.3, -0.25) is 4.79 Å². The predicted octanol–water partition coefficient (Wildman–Crippen LogP) is 5.09. The fourth-order valence-electron chi connectivity index (χ4n) is 2.16. The molecule has 1 unspecified atom stereocenters. The predicted molar refractivity (Wildman–Crippen MR) is 76.1 cm³/mol. The van der Waals surface area contributed by atoms with Crippen LogP contribution in [0, 0.1) is 22.2 Å². The summed E-state index contributed by atoms with van der Waals surface area (Å²) in [6.45, 7) is 19.6. The molecule has 1 nitrogen and oxygen atoms in total. The lowest BCUT2D eigenvalue weighted by Crippen LogP contribution is -2.34. The molecule has 0 saturated carbocycles. The molecule has 0 aromatic rings. The zero-order valence-corrected chi connectivity index (χ0v) is 13.4. The van der Waals surface area contributed by atoms with E-state index in [4.69, 9.17) is 0 Å². The highest BCUT2D eigenvalue weighted by molar-refractivity contribution is 5.82. The molecule has 0 rings (SSSR count). The molecule has 102 valence electrons. The number of hydrogen-bond acceptors (Lipinski definition) is 1. The van der Waals surface area contributed by atoms with Crippen LogP contribution in [-0.4, -0.2) is 5.78 Å². The molecule has 0 bridgehead atoms. The molecule has 1 atom stereocenters. The van der Waals surface area contributed by atoms with E-state index in [1.807, 2.05) is 0 Å². The van der Waals surface area contributed by atoms with Crippen molar-refractivity contribution in [2.45, 2.75) is 75.2 Å². The fraction of sp³-hybridized carbons (Fsp3) is 0.938. The molecule has 0 aromatic heterocycles. The van der Waals surface area contributed by atoms with Gasteiger partial charge in [0.2, 0.25) is 0 Å². The van der Waals surface area contributed by atoms with E-state index >= 15 is 0 Å². The minimum Gasteiger partial charge on any atom is -0.299 e. The van der Waals surface area contributed by atoms with Crippen molar-refractivity contribution in [1.29, 1.82) is 0 Å². The van der Waals surface area contributed by atoms with Gasteiger partial charge >= 0.3 is 0 Å². The second-order valence-corrected chi connectivity index (χ2v) is 8.89. The summed E-state index contributed by atoms with van der Waals surface area (Å²) in [5.74, 6) is 0.599. The van der Waals surface area contributed by atoms with Crippen molar-refractivity contribution in [1.82, 2.24) is 0 Å². The van der Waals surface area contributed by atoms with E-state index in [0.717, 1.165) is 6.42 Å². The molecule has 0 fully saturated rings. The van der Waals surface area contributed by atoms with E-state index in [2.05, 4.69) is 62.3 Å². The molecule has 0 aliphatic rings. The standard InChI is InChI=1S/C16H32O/c1-14(2,3)10-12(16(7,8)9)13(17)11-15(4,5)6/h12H,10-11H2,1-9H3. The van der Waals surface area contributed by atoms with Gasteiger partial charge in [0.05, 0.1) is 0 Å². The maximum atomic E-state index is 12.5. The topological polar surface area (TPSA) is 17.1 Å². The van der Waals surface area contributed by atoms with Crippen LogP contribution in [0.25, 0.3) is 0 Å². The van der Waals surface area contributed by atoms with Gasteiger partial charge in [-0.15, -0.1) is 0 Å². The third-order valence-electron chi connectivity index (χ3n) is 2.96. The summed E-state index contributed by atoms with van der Waals surface area (Å²) in [5.41, 5.74) is 0.375. The Morgan fingerprint density at radius 1 is 0.824 bits per heavy atom. The summed E-state index contributed by atoms with van der Waals surface area (Å²) in [5, 5.41) is 0. The molecule has 0 aromatic carbocycles. The smallest absolute Gasteiger partial charge is 0.137 e. The summed E-state index contributed by atoms with van der Waals surface area (Å²) in [6, 6.07) is 0. The van der Waals surface area contributed by atoms with Gasteiger partial charge in [-0.1, -0.05) is 62.3 Å². The molecule has 0 N–H and O–H groups in total. The van der Waals surface area contributed by atoms with Crippen LogP contribution in [0.4, 0.5) is 0 Å². The Bertz CT molecular complexity index is 255. The quantitative estimate of drug-likeness (QED) is 0.671. The molecular weight excluding hydrogens is 208 g/mol. The first-order valence-corrected chi connectivity index (χ1v) is 6.75. The lowest BCUT2D eigenvalue weighted by atomic mass is 9.68. The lowest BCUT2D eigenvalue weighted by molar-refractivity contribution is -0.129. The van der Waals surface area contributed by atoms with Crippen LogP contribution in [0.1, 0.15) is 75.2 Å². The van der Waals surface area contributed by atoms with E-state index < -0.39 is 0 Å². The van der Waals surface area contributed by atoms with Crippen molar-refractivity contribution < 1.29 is 4.79 Å². The van der Waals surface area contributed by atoms with Gasteiger partial charge in [0.15, 0.2) is 0 Å². The third-order valence-corrected chi connectivity index (χ3v) is 2.96. The highest BCUT2D eigenvalue weighted by Gasteiger charge is 2.35. The average molecular weight is 240 g/mol. The van der Waals surface area contributed by atoms with Crippen LogP contribution in [0.2, 0.25) is 0 Å². The van der Waals surface area contributed by atoms with Crippen molar-refractivity contribution in [2.75, 3.05) is 0 Å². The maximum Gasteiger partial charge on any atom is 0.137 e. The first kappa shape index (κ1) is 16.7. The molecule has 0 amide bonds. The summed E-state index contributed by atoms with van der Waals surface area (Å²) in [6.07, 6.45) is 1.66. The van der Waals surface area contributed by atoms with E-state index in [-0.39, 0.29) is 22.2 Å². The Hall–Kier alpha value is -0.330. The monoisotopic (exact) mass is 240 g/mol. The number of hydrogen-bond donors (Lipinski definition) is 0.